The van der Waals surface area contributed by atoms with Gasteiger partial charge in [0, 0.05) is 11.5 Å². The van der Waals surface area contributed by atoms with Crippen molar-refractivity contribution in [3.63, 3.8) is 0 Å². The summed E-state index contributed by atoms with van der Waals surface area (Å²) in [6.07, 6.45) is -4.56. The van der Waals surface area contributed by atoms with Crippen LogP contribution >= 0.6 is 0 Å². The van der Waals surface area contributed by atoms with Crippen LogP contribution in [-0.4, -0.2) is 23.9 Å². The van der Waals surface area contributed by atoms with Gasteiger partial charge in [-0.15, -0.1) is 4.91 Å². The van der Waals surface area contributed by atoms with E-state index in [-0.39, 0.29) is 23.1 Å². The Kier molecular flexibility index (Phi) is 4.69. The summed E-state index contributed by atoms with van der Waals surface area (Å²) in [7, 11) is 2.93. The highest BCUT2D eigenvalue weighted by atomic mass is 19.4. The first-order chi connectivity index (χ1) is 12.8. The smallest absolute Gasteiger partial charge is 0.416 e. The lowest BCUT2D eigenvalue weighted by atomic mass is 10.1. The largest absolute Gasteiger partial charge is 0.497 e. The highest BCUT2D eigenvalue weighted by Crippen LogP contribution is 2.41. The predicted molar refractivity (Wildman–Crippen MR) is 92.7 cm³/mol. The van der Waals surface area contributed by atoms with E-state index in [9.17, 15) is 23.2 Å². The number of fused-ring (bicyclic) bond motifs is 1. The van der Waals surface area contributed by atoms with Crippen LogP contribution in [0.1, 0.15) is 11.1 Å². The number of alkyl halides is 3. The van der Waals surface area contributed by atoms with Crippen LogP contribution in [0.15, 0.2) is 41.6 Å². The number of hydrogen-bond donors (Lipinski definition) is 1. The minimum atomic E-state index is -4.56. The Bertz CT molecular complexity index is 990. The molecule has 0 aliphatic rings. The van der Waals surface area contributed by atoms with Gasteiger partial charge in [0.1, 0.15) is 11.5 Å². The molecule has 0 atom stereocenters. The summed E-state index contributed by atoms with van der Waals surface area (Å²) in [5.41, 5.74) is -0.574. The number of methoxy groups -OCH3 is 2. The number of benzene rings is 2. The first-order valence-corrected chi connectivity index (χ1v) is 7.76. The van der Waals surface area contributed by atoms with E-state index in [4.69, 9.17) is 9.47 Å². The molecule has 0 fully saturated rings. The molecule has 0 unspecified atom stereocenters. The molecule has 0 amide bonds. The molecule has 27 heavy (non-hydrogen) atoms. The van der Waals surface area contributed by atoms with Gasteiger partial charge in [0.2, 0.25) is 5.88 Å². The zero-order chi connectivity index (χ0) is 19.8. The maximum Gasteiger partial charge on any atom is 0.416 e. The lowest BCUT2D eigenvalue weighted by Crippen LogP contribution is -2.05. The SMILES string of the molecule is COc1cc(Cn2c(O)c(N=O)c3ccc(C(F)(F)F)cc32)cc(OC)c1. The maximum atomic E-state index is 13.1. The van der Waals surface area contributed by atoms with E-state index < -0.39 is 17.6 Å². The molecule has 6 nitrogen and oxygen atoms in total. The van der Waals surface area contributed by atoms with Crippen molar-refractivity contribution >= 4 is 16.6 Å². The van der Waals surface area contributed by atoms with Gasteiger partial charge < -0.3 is 19.1 Å². The summed E-state index contributed by atoms with van der Waals surface area (Å²) in [4.78, 5) is 11.1. The Balaban J connectivity index is 2.18. The average Bonchev–Trinajstić information content (AvgIpc) is 2.91. The Morgan fingerprint density at radius 2 is 1.70 bits per heavy atom. The minimum absolute atomic E-state index is 0.0211. The fourth-order valence-electron chi connectivity index (χ4n) is 2.88. The molecule has 3 aromatic rings. The number of halogens is 3. The first kappa shape index (κ1) is 18.6. The molecule has 142 valence electrons. The zero-order valence-corrected chi connectivity index (χ0v) is 14.4. The predicted octanol–water partition coefficient (Wildman–Crippen LogP) is 4.83. The van der Waals surface area contributed by atoms with Crippen molar-refractivity contribution in [2.24, 2.45) is 5.18 Å². The number of rotatable bonds is 5. The normalized spacial score (nSPS) is 11.6. The van der Waals surface area contributed by atoms with E-state index in [2.05, 4.69) is 5.18 Å². The van der Waals surface area contributed by atoms with E-state index in [0.29, 0.717) is 17.1 Å². The Morgan fingerprint density at radius 3 is 2.22 bits per heavy atom. The first-order valence-electron chi connectivity index (χ1n) is 7.76. The molecular weight excluding hydrogens is 365 g/mol. The van der Waals surface area contributed by atoms with Gasteiger partial charge in [-0.2, -0.15) is 13.2 Å². The van der Waals surface area contributed by atoms with E-state index >= 15 is 0 Å². The lowest BCUT2D eigenvalue weighted by Gasteiger charge is -2.12. The quantitative estimate of drug-likeness (QED) is 0.644. The molecule has 1 heterocycles. The second-order valence-electron chi connectivity index (χ2n) is 5.80. The van der Waals surface area contributed by atoms with Crippen molar-refractivity contribution in [2.75, 3.05) is 14.2 Å². The van der Waals surface area contributed by atoms with E-state index in [1.54, 1.807) is 18.2 Å². The van der Waals surface area contributed by atoms with Gasteiger partial charge in [0.05, 0.1) is 31.8 Å². The molecule has 0 aliphatic heterocycles. The number of aromatic nitrogens is 1. The molecule has 0 radical (unpaired) electrons. The summed E-state index contributed by atoms with van der Waals surface area (Å²) in [5.74, 6) is 0.441. The van der Waals surface area contributed by atoms with Crippen molar-refractivity contribution in [2.45, 2.75) is 12.7 Å². The topological polar surface area (TPSA) is 73.0 Å². The molecule has 1 N–H and O–H groups in total. The summed E-state index contributed by atoms with van der Waals surface area (Å²) in [6.45, 7) is -0.0211. The van der Waals surface area contributed by atoms with Gasteiger partial charge in [-0.25, -0.2) is 0 Å². The van der Waals surface area contributed by atoms with Gasteiger partial charge in [-0.05, 0) is 41.1 Å². The van der Waals surface area contributed by atoms with E-state index in [1.165, 1.54) is 18.8 Å². The van der Waals surface area contributed by atoms with E-state index in [1.807, 2.05) is 0 Å². The van der Waals surface area contributed by atoms with Crippen molar-refractivity contribution in [1.29, 1.82) is 0 Å². The summed E-state index contributed by atoms with van der Waals surface area (Å²) < 4.78 is 50.8. The molecule has 0 aliphatic carbocycles. The number of hydrogen-bond acceptors (Lipinski definition) is 5. The van der Waals surface area contributed by atoms with Crippen LogP contribution in [0, 0.1) is 4.91 Å². The summed E-state index contributed by atoms with van der Waals surface area (Å²) >= 11 is 0. The van der Waals surface area contributed by atoms with Gasteiger partial charge in [-0.3, -0.25) is 0 Å². The highest BCUT2D eigenvalue weighted by Gasteiger charge is 2.31. The third-order valence-electron chi connectivity index (χ3n) is 4.18. The summed E-state index contributed by atoms with van der Waals surface area (Å²) in [5, 5.41) is 13.2. The number of ether oxygens (including phenoxy) is 2. The van der Waals surface area contributed by atoms with Crippen LogP contribution in [0.3, 0.4) is 0 Å². The van der Waals surface area contributed by atoms with Crippen LogP contribution < -0.4 is 9.47 Å². The standard InChI is InChI=1S/C18H15F3N2O4/c1-26-12-5-10(6-13(8-12)27-2)9-23-15-7-11(18(19,20)21)3-4-14(15)16(22-25)17(23)24/h3-8,24H,9H2,1-2H3. The fourth-order valence-corrected chi connectivity index (χ4v) is 2.88. The van der Waals surface area contributed by atoms with Gasteiger partial charge in [0.15, 0.2) is 5.69 Å². The maximum absolute atomic E-state index is 13.1. The third-order valence-corrected chi connectivity index (χ3v) is 4.18. The molecule has 0 spiro atoms. The van der Waals surface area contributed by atoms with Crippen molar-refractivity contribution in [3.8, 4) is 17.4 Å². The second kappa shape index (κ2) is 6.82. The van der Waals surface area contributed by atoms with Gasteiger partial charge in [-0.1, -0.05) is 0 Å². The zero-order valence-electron chi connectivity index (χ0n) is 14.4. The molecule has 0 saturated carbocycles. The number of aromatic hydroxyl groups is 1. The Morgan fingerprint density at radius 1 is 1.07 bits per heavy atom. The lowest BCUT2D eigenvalue weighted by molar-refractivity contribution is -0.137. The number of nitroso groups, excluding NO2 is 1. The molecule has 3 rings (SSSR count). The summed E-state index contributed by atoms with van der Waals surface area (Å²) in [6, 6.07) is 7.77. The molecule has 0 bridgehead atoms. The highest BCUT2D eigenvalue weighted by molar-refractivity contribution is 5.95. The number of nitrogens with zero attached hydrogens (tertiary/aromatic N) is 2. The van der Waals surface area contributed by atoms with Crippen LogP contribution in [0.4, 0.5) is 18.9 Å². The fraction of sp³-hybridized carbons (Fsp3) is 0.222. The third kappa shape index (κ3) is 3.40. The minimum Gasteiger partial charge on any atom is -0.497 e. The van der Waals surface area contributed by atoms with Crippen LogP contribution in [0.2, 0.25) is 0 Å². The van der Waals surface area contributed by atoms with Gasteiger partial charge >= 0.3 is 6.18 Å². The molecule has 9 heteroatoms. The van der Waals surface area contributed by atoms with Crippen LogP contribution in [-0.2, 0) is 12.7 Å². The van der Waals surface area contributed by atoms with Crippen molar-refractivity contribution in [3.05, 3.63) is 52.4 Å². The van der Waals surface area contributed by atoms with Crippen molar-refractivity contribution < 1.29 is 27.8 Å². The van der Waals surface area contributed by atoms with Crippen LogP contribution in [0.25, 0.3) is 10.9 Å². The molecule has 2 aromatic carbocycles. The molecular formula is C18H15F3N2O4. The average molecular weight is 380 g/mol. The van der Waals surface area contributed by atoms with Crippen molar-refractivity contribution in [1.82, 2.24) is 4.57 Å². The Hall–Kier alpha value is -3.23. The second-order valence-corrected chi connectivity index (χ2v) is 5.80. The monoisotopic (exact) mass is 380 g/mol. The molecule has 0 saturated heterocycles. The van der Waals surface area contributed by atoms with Gasteiger partial charge in [0.25, 0.3) is 0 Å². The molecule has 1 aromatic heterocycles. The Labute approximate surface area is 151 Å². The van der Waals surface area contributed by atoms with E-state index in [0.717, 1.165) is 18.2 Å². The van der Waals surface area contributed by atoms with Crippen LogP contribution in [0.5, 0.6) is 17.4 Å².